The van der Waals surface area contributed by atoms with E-state index in [9.17, 15) is 24.0 Å². The molecular formula is C44H54N10O8S. The van der Waals surface area contributed by atoms with Gasteiger partial charge >= 0.3 is 0 Å². The molecule has 3 fully saturated rings. The van der Waals surface area contributed by atoms with Crippen molar-refractivity contribution >= 4 is 69.8 Å². The molecule has 1 saturated carbocycles. The highest BCUT2D eigenvalue weighted by molar-refractivity contribution is 7.99. The van der Waals surface area contributed by atoms with E-state index in [1.807, 2.05) is 18.3 Å². The lowest BCUT2D eigenvalue weighted by Gasteiger charge is -2.35. The number of imide groups is 2. The SMILES string of the molecule is CN(C)C(=O)c1cc2cnc(Nc3ccc(N4CCN(CCOCCOCCOCCSc5cccc6c5C(=O)N(C5CCC(=O)NC5=O)C6=O)CC4)cn3)nc2n1C1CCCC1. The number of piperazine rings is 1. The zero-order chi connectivity index (χ0) is 43.9. The van der Waals surface area contributed by atoms with Gasteiger partial charge in [0.05, 0.1) is 62.7 Å². The van der Waals surface area contributed by atoms with Gasteiger partial charge in [-0.15, -0.1) is 11.8 Å². The Hall–Kier alpha value is -5.47. The smallest absolute Gasteiger partial charge is 0.270 e. The molecule has 18 nitrogen and oxygen atoms in total. The largest absolute Gasteiger partial charge is 0.378 e. The number of carbonyl (C=O) groups is 5. The summed E-state index contributed by atoms with van der Waals surface area (Å²) < 4.78 is 19.3. The molecular weight excluding hydrogens is 829 g/mol. The van der Waals surface area contributed by atoms with Crippen LogP contribution in [0.1, 0.15) is 75.8 Å². The lowest BCUT2D eigenvalue weighted by atomic mass is 10.0. The first-order chi connectivity index (χ1) is 30.7. The number of rotatable bonds is 19. The first kappa shape index (κ1) is 44.1. The number of pyridine rings is 1. The van der Waals surface area contributed by atoms with Crippen molar-refractivity contribution in [3.05, 3.63) is 65.6 Å². The van der Waals surface area contributed by atoms with Crippen LogP contribution >= 0.6 is 11.8 Å². The normalized spacial score (nSPS) is 18.4. The number of carbonyl (C=O) groups excluding carboxylic acids is 5. The van der Waals surface area contributed by atoms with Crippen LogP contribution in [0.5, 0.6) is 0 Å². The van der Waals surface area contributed by atoms with Crippen LogP contribution in [-0.4, -0.2) is 162 Å². The number of ether oxygens (including phenoxy) is 3. The highest BCUT2D eigenvalue weighted by Gasteiger charge is 2.45. The van der Waals surface area contributed by atoms with Gasteiger partial charge in [0.2, 0.25) is 17.8 Å². The zero-order valence-electron chi connectivity index (χ0n) is 35.8. The van der Waals surface area contributed by atoms with Gasteiger partial charge in [-0.05, 0) is 49.6 Å². The monoisotopic (exact) mass is 882 g/mol. The van der Waals surface area contributed by atoms with Crippen molar-refractivity contribution in [3.8, 4) is 0 Å². The van der Waals surface area contributed by atoms with Gasteiger partial charge in [0, 0.05) is 81.5 Å². The molecule has 334 valence electrons. The molecule has 1 atom stereocenters. The molecule has 1 unspecified atom stereocenters. The van der Waals surface area contributed by atoms with E-state index >= 15 is 0 Å². The van der Waals surface area contributed by atoms with Crippen LogP contribution in [0.2, 0.25) is 0 Å². The number of aromatic nitrogens is 4. The standard InChI is InChI=1S/C44H54N10O8S/c1-50(2)42(58)34-26-29-27-46-44(49-39(29)53(34)30-6-3-4-7-30)47-36-12-10-31(28-45-36)52-16-14-51(15-17-52)18-19-60-20-21-61-22-23-62-24-25-63-35-9-5-8-32-38(35)43(59)54(41(32)57)33-11-13-37(55)48-40(33)56/h5,8-10,12,26-28,30,33H,3-4,6-7,11,13-25H2,1-2H3,(H,48,55,56)(H,45,46,47,49). The molecule has 6 heterocycles. The minimum absolute atomic E-state index is 0.0338. The number of hydrogen-bond donors (Lipinski definition) is 2. The van der Waals surface area contributed by atoms with E-state index in [0.29, 0.717) is 73.3 Å². The van der Waals surface area contributed by atoms with E-state index in [1.54, 1.807) is 43.4 Å². The highest BCUT2D eigenvalue weighted by atomic mass is 32.2. The summed E-state index contributed by atoms with van der Waals surface area (Å²) in [6.45, 7) is 7.29. The summed E-state index contributed by atoms with van der Waals surface area (Å²) in [7, 11) is 3.55. The molecule has 0 spiro atoms. The van der Waals surface area contributed by atoms with E-state index < -0.39 is 29.7 Å². The summed E-state index contributed by atoms with van der Waals surface area (Å²) in [5.41, 5.74) is 3.03. The van der Waals surface area contributed by atoms with Gasteiger partial charge in [-0.25, -0.2) is 9.97 Å². The maximum absolute atomic E-state index is 13.3. The number of piperidine rings is 1. The molecule has 0 bridgehead atoms. The summed E-state index contributed by atoms with van der Waals surface area (Å²) in [6, 6.07) is 10.3. The van der Waals surface area contributed by atoms with E-state index in [4.69, 9.17) is 19.2 Å². The van der Waals surface area contributed by atoms with Crippen LogP contribution in [0, 0.1) is 0 Å². The summed E-state index contributed by atoms with van der Waals surface area (Å²) >= 11 is 1.41. The fraction of sp³-hybridized carbons (Fsp3) is 0.500. The number of fused-ring (bicyclic) bond motifs is 2. The van der Waals surface area contributed by atoms with Crippen LogP contribution < -0.4 is 15.5 Å². The van der Waals surface area contributed by atoms with Gasteiger partial charge in [0.25, 0.3) is 17.7 Å². The third-order valence-electron chi connectivity index (χ3n) is 11.8. The van der Waals surface area contributed by atoms with Crippen LogP contribution in [-0.2, 0) is 23.8 Å². The Morgan fingerprint density at radius 2 is 1.62 bits per heavy atom. The second-order valence-electron chi connectivity index (χ2n) is 16.2. The molecule has 3 aliphatic heterocycles. The van der Waals surface area contributed by atoms with Crippen molar-refractivity contribution < 1.29 is 38.2 Å². The second-order valence-corrected chi connectivity index (χ2v) is 17.3. The highest BCUT2D eigenvalue weighted by Crippen LogP contribution is 2.36. The van der Waals surface area contributed by atoms with Crippen LogP contribution in [0.3, 0.4) is 0 Å². The topological polar surface area (TPSA) is 194 Å². The molecule has 4 aromatic rings. The molecule has 63 heavy (non-hydrogen) atoms. The molecule has 1 aliphatic carbocycles. The molecule has 19 heteroatoms. The van der Waals surface area contributed by atoms with Crippen LogP contribution in [0.25, 0.3) is 11.0 Å². The lowest BCUT2D eigenvalue weighted by molar-refractivity contribution is -0.136. The number of amides is 5. The first-order valence-electron chi connectivity index (χ1n) is 21.7. The Balaban J connectivity index is 0.683. The predicted octanol–water partition coefficient (Wildman–Crippen LogP) is 3.75. The maximum Gasteiger partial charge on any atom is 0.270 e. The quantitative estimate of drug-likeness (QED) is 0.0785. The zero-order valence-corrected chi connectivity index (χ0v) is 36.6. The van der Waals surface area contributed by atoms with Gasteiger partial charge in [-0.2, -0.15) is 4.98 Å². The molecule has 3 aromatic heterocycles. The Labute approximate surface area is 370 Å². The first-order valence-corrected chi connectivity index (χ1v) is 22.7. The van der Waals surface area contributed by atoms with Gasteiger partial charge in [-0.1, -0.05) is 18.9 Å². The Morgan fingerprint density at radius 3 is 2.33 bits per heavy atom. The Kier molecular flexibility index (Phi) is 14.3. The molecule has 2 N–H and O–H groups in total. The maximum atomic E-state index is 13.3. The molecule has 5 amide bonds. The third-order valence-corrected chi connectivity index (χ3v) is 12.8. The molecule has 1 aromatic carbocycles. The number of anilines is 3. The lowest BCUT2D eigenvalue weighted by Crippen LogP contribution is -2.54. The number of thioether (sulfide) groups is 1. The van der Waals surface area contributed by atoms with Gasteiger partial charge in [0.1, 0.15) is 23.2 Å². The van der Waals surface area contributed by atoms with E-state index in [-0.39, 0.29) is 30.4 Å². The van der Waals surface area contributed by atoms with Crippen molar-refractivity contribution in [1.82, 2.24) is 39.5 Å². The van der Waals surface area contributed by atoms with Crippen molar-refractivity contribution in [1.29, 1.82) is 0 Å². The predicted molar refractivity (Wildman–Crippen MR) is 236 cm³/mol. The number of nitrogens with one attached hydrogen (secondary N) is 2. The molecule has 0 radical (unpaired) electrons. The van der Waals surface area contributed by atoms with Gasteiger partial charge in [-0.3, -0.25) is 39.1 Å². The van der Waals surface area contributed by atoms with Gasteiger partial charge in [0.15, 0.2) is 0 Å². The van der Waals surface area contributed by atoms with Crippen molar-refractivity contribution in [2.75, 3.05) is 102 Å². The number of nitrogens with zero attached hydrogens (tertiary/aromatic N) is 8. The summed E-state index contributed by atoms with van der Waals surface area (Å²) in [5.74, 6) is -0.440. The fourth-order valence-electron chi connectivity index (χ4n) is 8.54. The summed E-state index contributed by atoms with van der Waals surface area (Å²) in [5, 5.41) is 6.33. The number of hydrogen-bond acceptors (Lipinski definition) is 15. The Bertz CT molecular complexity index is 2310. The van der Waals surface area contributed by atoms with E-state index in [2.05, 4.69) is 41.0 Å². The molecule has 4 aliphatic rings. The third kappa shape index (κ3) is 10.2. The minimum atomic E-state index is -0.993. The second kappa shape index (κ2) is 20.4. The van der Waals surface area contributed by atoms with Crippen molar-refractivity contribution in [2.45, 2.75) is 55.5 Å². The molecule has 8 rings (SSSR count). The average Bonchev–Trinajstić information content (AvgIpc) is 4.01. The fourth-order valence-corrected chi connectivity index (χ4v) is 9.47. The van der Waals surface area contributed by atoms with E-state index in [1.165, 1.54) is 11.8 Å². The number of benzene rings is 1. The average molecular weight is 883 g/mol. The summed E-state index contributed by atoms with van der Waals surface area (Å²) in [4.78, 5) is 85.4. The van der Waals surface area contributed by atoms with Crippen LogP contribution in [0.4, 0.5) is 17.5 Å². The van der Waals surface area contributed by atoms with Crippen molar-refractivity contribution in [2.24, 2.45) is 0 Å². The minimum Gasteiger partial charge on any atom is -0.378 e. The van der Waals surface area contributed by atoms with E-state index in [0.717, 1.165) is 80.0 Å². The van der Waals surface area contributed by atoms with Crippen LogP contribution in [0.15, 0.2) is 53.7 Å². The van der Waals surface area contributed by atoms with Gasteiger partial charge < -0.3 is 33.9 Å². The van der Waals surface area contributed by atoms with Crippen molar-refractivity contribution in [3.63, 3.8) is 0 Å². The molecule has 2 saturated heterocycles. The Morgan fingerprint density at radius 1 is 0.873 bits per heavy atom. The summed E-state index contributed by atoms with van der Waals surface area (Å²) in [6.07, 6.45) is 8.20.